The first-order chi connectivity index (χ1) is 33.6. The van der Waals surface area contributed by atoms with Crippen molar-refractivity contribution in [3.05, 3.63) is 223 Å². The molecule has 0 fully saturated rings. The maximum atomic E-state index is 14.0. The third-order valence-electron chi connectivity index (χ3n) is 12.9. The Morgan fingerprint density at radius 3 is 1.25 bits per heavy atom. The average molecular weight is 885 g/mol. The van der Waals surface area contributed by atoms with Gasteiger partial charge in [-0.2, -0.15) is 0 Å². The van der Waals surface area contributed by atoms with Crippen molar-refractivity contribution in [1.82, 2.24) is 19.9 Å². The summed E-state index contributed by atoms with van der Waals surface area (Å²) in [5, 5.41) is 12.0. The molecular weight excluding hydrogens is 837 g/mol. The fraction of sp³-hybridized carbons (Fsp3) is 0.100. The van der Waals surface area contributed by atoms with E-state index in [4.69, 9.17) is 10.2 Å². The number of benzene rings is 9. The lowest BCUT2D eigenvalue weighted by Gasteiger charge is -2.27. The second kappa shape index (κ2) is 18.3. The molecule has 0 unspecified atom stereocenters. The fourth-order valence-corrected chi connectivity index (χ4v) is 9.56. The van der Waals surface area contributed by atoms with Gasteiger partial charge in [-0.3, -0.25) is 14.5 Å². The molecule has 2 amide bonds. The van der Waals surface area contributed by atoms with Crippen molar-refractivity contribution in [3.63, 3.8) is 0 Å². The summed E-state index contributed by atoms with van der Waals surface area (Å²) in [6, 6.07) is 72.4. The minimum atomic E-state index is -0.256. The van der Waals surface area contributed by atoms with Gasteiger partial charge in [-0.05, 0) is 109 Å². The van der Waals surface area contributed by atoms with Crippen LogP contribution in [0.5, 0.6) is 0 Å². The SMILES string of the molecule is CCCCCCN1C(=O)c2cccc3c(-n4nc5c(-c6ccc(N(c7ccccc7)c7ccccc7)cc6)ccc(-c6ccc(N(c7ccccc7)c7ccccc7)cc6)c5n4)ccc(c23)C1=O. The molecular formula is C60H48N6O2. The first-order valence-electron chi connectivity index (χ1n) is 23.4. The maximum absolute atomic E-state index is 14.0. The number of para-hydroxylation sites is 4. The monoisotopic (exact) mass is 884 g/mol. The van der Waals surface area contributed by atoms with Gasteiger partial charge >= 0.3 is 0 Å². The fourth-order valence-electron chi connectivity index (χ4n) is 9.56. The van der Waals surface area contributed by atoms with Crippen molar-refractivity contribution < 1.29 is 9.59 Å². The molecule has 0 saturated carbocycles. The van der Waals surface area contributed by atoms with Crippen LogP contribution in [0, 0.1) is 0 Å². The van der Waals surface area contributed by atoms with E-state index in [-0.39, 0.29) is 11.8 Å². The number of fused-ring (bicyclic) bond motifs is 1. The molecule has 330 valence electrons. The molecule has 8 heteroatoms. The standard InChI is InChI=1S/C60H48N6O2/c1-2-3-4-17-41-63-59(67)53-28-18-27-52-55(40-39-54(56(52)53)60(63)68)66-61-57-50(42-29-33-48(34-30-42)64(44-19-9-5-10-20-44)45-21-11-6-12-22-45)37-38-51(58(57)62-66)43-31-35-49(36-32-43)65(46-23-13-7-14-24-46)47-25-15-8-16-26-47/h5-16,18-40H,2-4,17,41H2,1H3. The number of imide groups is 1. The normalized spacial score (nSPS) is 12.2. The molecule has 0 radical (unpaired) electrons. The van der Waals surface area contributed by atoms with Crippen molar-refractivity contribution in [2.45, 2.75) is 32.6 Å². The summed E-state index contributed by atoms with van der Waals surface area (Å²) in [6.45, 7) is 2.56. The van der Waals surface area contributed by atoms with Gasteiger partial charge in [0.15, 0.2) is 0 Å². The van der Waals surface area contributed by atoms with Gasteiger partial charge < -0.3 is 9.80 Å². The zero-order valence-electron chi connectivity index (χ0n) is 37.7. The number of rotatable bonds is 14. The highest BCUT2D eigenvalue weighted by molar-refractivity contribution is 6.26. The Kier molecular flexibility index (Phi) is 11.3. The predicted octanol–water partition coefficient (Wildman–Crippen LogP) is 15.0. The van der Waals surface area contributed by atoms with Gasteiger partial charge in [0.05, 0.1) is 5.69 Å². The van der Waals surface area contributed by atoms with E-state index in [2.05, 4.69) is 174 Å². The van der Waals surface area contributed by atoms with Crippen LogP contribution in [0.3, 0.4) is 0 Å². The number of nitrogens with zero attached hydrogens (tertiary/aromatic N) is 6. The lowest BCUT2D eigenvalue weighted by atomic mass is 9.93. The molecule has 8 nitrogen and oxygen atoms in total. The highest BCUT2D eigenvalue weighted by Gasteiger charge is 2.33. The van der Waals surface area contributed by atoms with E-state index in [0.29, 0.717) is 28.7 Å². The number of hydrogen-bond acceptors (Lipinski definition) is 6. The zero-order valence-corrected chi connectivity index (χ0v) is 37.7. The van der Waals surface area contributed by atoms with Gasteiger partial charge in [-0.25, -0.2) is 0 Å². The van der Waals surface area contributed by atoms with Gasteiger partial charge in [0, 0.05) is 73.7 Å². The number of unbranched alkanes of at least 4 members (excludes halogenated alkanes) is 3. The zero-order chi connectivity index (χ0) is 46.0. The summed E-state index contributed by atoms with van der Waals surface area (Å²) in [5.41, 5.74) is 13.3. The largest absolute Gasteiger partial charge is 0.311 e. The number of hydrogen-bond donors (Lipinski definition) is 0. The van der Waals surface area contributed by atoms with Crippen LogP contribution >= 0.6 is 0 Å². The molecule has 0 aliphatic carbocycles. The van der Waals surface area contributed by atoms with Gasteiger partial charge in [-0.1, -0.05) is 148 Å². The van der Waals surface area contributed by atoms with Crippen LogP contribution in [0.1, 0.15) is 53.3 Å². The number of carbonyl (C=O) groups excluding carboxylic acids is 2. The van der Waals surface area contributed by atoms with E-state index in [1.165, 1.54) is 4.90 Å². The molecule has 2 heterocycles. The van der Waals surface area contributed by atoms with E-state index < -0.39 is 0 Å². The van der Waals surface area contributed by atoms with Crippen molar-refractivity contribution in [2.75, 3.05) is 16.3 Å². The summed E-state index contributed by atoms with van der Waals surface area (Å²) in [4.78, 5) is 35.6. The van der Waals surface area contributed by atoms with Crippen LogP contribution < -0.4 is 9.80 Å². The summed E-state index contributed by atoms with van der Waals surface area (Å²) in [6.07, 6.45) is 3.90. The Morgan fingerprint density at radius 2 is 0.809 bits per heavy atom. The van der Waals surface area contributed by atoms with Crippen molar-refractivity contribution in [1.29, 1.82) is 0 Å². The minimum Gasteiger partial charge on any atom is -0.311 e. The first kappa shape index (κ1) is 42.0. The first-order valence-corrected chi connectivity index (χ1v) is 23.4. The third kappa shape index (κ3) is 7.75. The van der Waals surface area contributed by atoms with Gasteiger partial charge in [0.1, 0.15) is 11.0 Å². The number of aromatic nitrogens is 3. The van der Waals surface area contributed by atoms with Crippen molar-refractivity contribution in [2.24, 2.45) is 0 Å². The number of anilines is 6. The molecule has 0 N–H and O–H groups in total. The summed E-state index contributed by atoms with van der Waals surface area (Å²) < 4.78 is 0. The molecule has 1 aromatic heterocycles. The van der Waals surface area contributed by atoms with E-state index in [0.717, 1.165) is 98.5 Å². The second-order valence-corrected chi connectivity index (χ2v) is 17.1. The van der Waals surface area contributed by atoms with Crippen LogP contribution in [0.4, 0.5) is 34.1 Å². The van der Waals surface area contributed by atoms with E-state index in [9.17, 15) is 9.59 Å². The van der Waals surface area contributed by atoms with E-state index in [1.807, 2.05) is 54.6 Å². The smallest absolute Gasteiger partial charge is 0.261 e. The Hall–Kier alpha value is -8.62. The molecule has 1 aliphatic heterocycles. The van der Waals surface area contributed by atoms with E-state index in [1.54, 1.807) is 4.80 Å². The van der Waals surface area contributed by atoms with Gasteiger partial charge in [0.2, 0.25) is 0 Å². The van der Waals surface area contributed by atoms with Gasteiger partial charge in [0.25, 0.3) is 11.8 Å². The molecule has 68 heavy (non-hydrogen) atoms. The van der Waals surface area contributed by atoms with Crippen molar-refractivity contribution >= 4 is 67.7 Å². The molecule has 0 spiro atoms. The molecule has 10 aromatic rings. The summed E-state index contributed by atoms with van der Waals surface area (Å²) in [5.74, 6) is -0.513. The van der Waals surface area contributed by atoms with E-state index >= 15 is 0 Å². The second-order valence-electron chi connectivity index (χ2n) is 17.1. The lowest BCUT2D eigenvalue weighted by Crippen LogP contribution is -2.41. The molecule has 9 aromatic carbocycles. The Bertz CT molecular complexity index is 3150. The predicted molar refractivity (Wildman–Crippen MR) is 276 cm³/mol. The Morgan fingerprint density at radius 1 is 0.397 bits per heavy atom. The Balaban J connectivity index is 1.03. The molecule has 0 saturated heterocycles. The molecule has 0 bridgehead atoms. The highest BCUT2D eigenvalue weighted by atomic mass is 16.2. The van der Waals surface area contributed by atoms with Crippen LogP contribution in [-0.2, 0) is 0 Å². The molecule has 1 aliphatic rings. The van der Waals surface area contributed by atoms with Crippen LogP contribution in [0.15, 0.2) is 212 Å². The summed E-state index contributed by atoms with van der Waals surface area (Å²) >= 11 is 0. The maximum Gasteiger partial charge on any atom is 0.261 e. The van der Waals surface area contributed by atoms with Crippen LogP contribution in [0.25, 0.3) is 49.7 Å². The summed E-state index contributed by atoms with van der Waals surface area (Å²) in [7, 11) is 0. The van der Waals surface area contributed by atoms with Crippen LogP contribution in [-0.4, -0.2) is 38.3 Å². The quantitative estimate of drug-likeness (QED) is 0.0800. The number of amides is 2. The van der Waals surface area contributed by atoms with Crippen LogP contribution in [0.2, 0.25) is 0 Å². The van der Waals surface area contributed by atoms with Crippen molar-refractivity contribution in [3.8, 4) is 27.9 Å². The number of carbonyl (C=O) groups is 2. The molecule has 11 rings (SSSR count). The lowest BCUT2D eigenvalue weighted by molar-refractivity contribution is 0.0607. The van der Waals surface area contributed by atoms with Gasteiger partial charge in [-0.15, -0.1) is 15.0 Å². The Labute approximate surface area is 396 Å². The average Bonchev–Trinajstić information content (AvgIpc) is 3.85. The highest BCUT2D eigenvalue weighted by Crippen LogP contribution is 2.41. The topological polar surface area (TPSA) is 74.6 Å². The minimum absolute atomic E-state index is 0.256. The molecule has 0 atom stereocenters. The third-order valence-corrected chi connectivity index (χ3v) is 12.9.